The van der Waals surface area contributed by atoms with Gasteiger partial charge in [-0.3, -0.25) is 4.79 Å². The molecule has 1 amide bonds. The minimum Gasteiger partial charge on any atom is -0.387 e. The third-order valence-electron chi connectivity index (χ3n) is 3.42. The molecule has 4 nitrogen and oxygen atoms in total. The van der Waals surface area contributed by atoms with Crippen molar-refractivity contribution in [2.24, 2.45) is 7.05 Å². The van der Waals surface area contributed by atoms with Gasteiger partial charge in [-0.2, -0.15) is 13.2 Å². The molecule has 120 valence electrons. The lowest BCUT2D eigenvalue weighted by atomic mass is 10.1. The fourth-order valence-corrected chi connectivity index (χ4v) is 2.18. The largest absolute Gasteiger partial charge is 0.389 e. The zero-order chi connectivity index (χ0) is 16.3. The van der Waals surface area contributed by atoms with Gasteiger partial charge in [-0.05, 0) is 29.1 Å². The Kier molecular flexibility index (Phi) is 4.75. The van der Waals surface area contributed by atoms with E-state index in [1.165, 1.54) is 0 Å². The molecule has 2 rings (SSSR count). The summed E-state index contributed by atoms with van der Waals surface area (Å²) in [5.74, 6) is -0.725. The third kappa shape index (κ3) is 4.24. The lowest BCUT2D eigenvalue weighted by molar-refractivity contribution is -0.144. The molecule has 0 saturated heterocycles. The van der Waals surface area contributed by atoms with Crippen LogP contribution in [-0.4, -0.2) is 28.3 Å². The molecule has 1 aromatic heterocycles. The van der Waals surface area contributed by atoms with E-state index in [0.717, 1.165) is 10.9 Å². The summed E-state index contributed by atoms with van der Waals surface area (Å²) in [6.07, 6.45) is -5.22. The molecule has 7 heteroatoms. The maximum atomic E-state index is 12.0. The second-order valence-electron chi connectivity index (χ2n) is 5.18. The molecule has 0 fully saturated rings. The van der Waals surface area contributed by atoms with Gasteiger partial charge in [-0.15, -0.1) is 0 Å². The number of amides is 1. The van der Waals surface area contributed by atoms with Gasteiger partial charge in [0.1, 0.15) is 0 Å². The molecule has 2 N–H and O–H groups in total. The van der Waals surface area contributed by atoms with Crippen molar-refractivity contribution in [1.29, 1.82) is 0 Å². The Hall–Kier alpha value is -2.02. The van der Waals surface area contributed by atoms with Gasteiger partial charge >= 0.3 is 6.18 Å². The number of aliphatic hydroxyl groups is 1. The van der Waals surface area contributed by atoms with E-state index in [2.05, 4.69) is 5.32 Å². The van der Waals surface area contributed by atoms with Crippen LogP contribution in [0.4, 0.5) is 13.2 Å². The SMILES string of the molecule is Cn1ccc2cc(C(O)CNC(=O)CCC(F)(F)F)ccc21. The molecule has 1 unspecified atom stereocenters. The fourth-order valence-electron chi connectivity index (χ4n) is 2.18. The van der Waals surface area contributed by atoms with Crippen LogP contribution >= 0.6 is 0 Å². The molecular weight excluding hydrogens is 297 g/mol. The number of aryl methyl sites for hydroxylation is 1. The maximum absolute atomic E-state index is 12.0. The van der Waals surface area contributed by atoms with Crippen LogP contribution in [0.2, 0.25) is 0 Å². The Morgan fingerprint density at radius 2 is 2.09 bits per heavy atom. The number of halogens is 3. The third-order valence-corrected chi connectivity index (χ3v) is 3.42. The van der Waals surface area contributed by atoms with Crippen molar-refractivity contribution in [2.75, 3.05) is 6.54 Å². The molecule has 22 heavy (non-hydrogen) atoms. The molecule has 1 aromatic carbocycles. The number of benzene rings is 1. The van der Waals surface area contributed by atoms with Crippen LogP contribution in [0.3, 0.4) is 0 Å². The molecular formula is C15H17F3N2O2. The minimum atomic E-state index is -4.35. The molecule has 0 aliphatic heterocycles. The lowest BCUT2D eigenvalue weighted by Gasteiger charge is -2.13. The number of hydrogen-bond donors (Lipinski definition) is 2. The van der Waals surface area contributed by atoms with E-state index < -0.39 is 31.0 Å². The first-order valence-electron chi connectivity index (χ1n) is 6.83. The quantitative estimate of drug-likeness (QED) is 0.891. The Morgan fingerprint density at radius 1 is 1.36 bits per heavy atom. The summed E-state index contributed by atoms with van der Waals surface area (Å²) in [6.45, 7) is -0.116. The second kappa shape index (κ2) is 6.39. The van der Waals surface area contributed by atoms with E-state index in [1.807, 2.05) is 29.9 Å². The van der Waals surface area contributed by atoms with Crippen molar-refractivity contribution in [3.8, 4) is 0 Å². The lowest BCUT2D eigenvalue weighted by Crippen LogP contribution is -2.29. The monoisotopic (exact) mass is 314 g/mol. The van der Waals surface area contributed by atoms with Crippen LogP contribution in [0.1, 0.15) is 24.5 Å². The van der Waals surface area contributed by atoms with Gasteiger partial charge in [0.25, 0.3) is 0 Å². The zero-order valence-corrected chi connectivity index (χ0v) is 12.0. The number of carbonyl (C=O) groups excluding carboxylic acids is 1. The molecule has 1 atom stereocenters. The minimum absolute atomic E-state index is 0.116. The highest BCUT2D eigenvalue weighted by Gasteiger charge is 2.27. The number of alkyl halides is 3. The first-order chi connectivity index (χ1) is 10.3. The van der Waals surface area contributed by atoms with Gasteiger partial charge < -0.3 is 15.0 Å². The van der Waals surface area contributed by atoms with Crippen LogP contribution in [0.5, 0.6) is 0 Å². The normalized spacial score (nSPS) is 13.3. The van der Waals surface area contributed by atoms with Crippen molar-refractivity contribution in [1.82, 2.24) is 9.88 Å². The summed E-state index contributed by atoms with van der Waals surface area (Å²) >= 11 is 0. The Bertz CT molecular complexity index is 664. The summed E-state index contributed by atoms with van der Waals surface area (Å²) in [6, 6.07) is 7.27. The standard InChI is InChI=1S/C15H17F3N2O2/c1-20-7-5-10-8-11(2-3-12(10)20)13(21)9-19-14(22)4-6-15(16,17)18/h2-3,5,7-8,13,21H,4,6,9H2,1H3,(H,19,22). The predicted molar refractivity (Wildman–Crippen MR) is 76.2 cm³/mol. The Labute approximate surface area is 125 Å². The van der Waals surface area contributed by atoms with Crippen molar-refractivity contribution >= 4 is 16.8 Å². The fraction of sp³-hybridized carbons (Fsp3) is 0.400. The smallest absolute Gasteiger partial charge is 0.387 e. The first kappa shape index (κ1) is 16.4. The predicted octanol–water partition coefficient (Wildman–Crippen LogP) is 2.67. The summed E-state index contributed by atoms with van der Waals surface area (Å²) in [5, 5.41) is 13.3. The van der Waals surface area contributed by atoms with E-state index in [4.69, 9.17) is 0 Å². The van der Waals surface area contributed by atoms with Crippen LogP contribution < -0.4 is 5.32 Å². The van der Waals surface area contributed by atoms with E-state index >= 15 is 0 Å². The van der Waals surface area contributed by atoms with Crippen LogP contribution in [0, 0.1) is 0 Å². The molecule has 0 spiro atoms. The van der Waals surface area contributed by atoms with Crippen molar-refractivity contribution in [2.45, 2.75) is 25.1 Å². The van der Waals surface area contributed by atoms with Gasteiger partial charge in [-0.1, -0.05) is 6.07 Å². The summed E-state index contributed by atoms with van der Waals surface area (Å²) < 4.78 is 37.9. The van der Waals surface area contributed by atoms with Gasteiger partial charge in [0, 0.05) is 31.7 Å². The Balaban J connectivity index is 1.90. The highest BCUT2D eigenvalue weighted by atomic mass is 19.4. The van der Waals surface area contributed by atoms with Crippen LogP contribution in [-0.2, 0) is 11.8 Å². The number of hydrogen-bond acceptors (Lipinski definition) is 2. The van der Waals surface area contributed by atoms with E-state index in [9.17, 15) is 23.1 Å². The molecule has 0 aliphatic rings. The highest BCUT2D eigenvalue weighted by molar-refractivity contribution is 5.81. The summed E-state index contributed by atoms with van der Waals surface area (Å²) in [5.41, 5.74) is 1.61. The first-order valence-corrected chi connectivity index (χ1v) is 6.83. The van der Waals surface area contributed by atoms with Gasteiger partial charge in [0.15, 0.2) is 0 Å². The molecule has 2 aromatic rings. The number of nitrogens with zero attached hydrogens (tertiary/aromatic N) is 1. The van der Waals surface area contributed by atoms with E-state index in [-0.39, 0.29) is 6.54 Å². The average Bonchev–Trinajstić information content (AvgIpc) is 2.82. The molecule has 0 saturated carbocycles. The van der Waals surface area contributed by atoms with Crippen molar-refractivity contribution in [3.05, 3.63) is 36.0 Å². The Morgan fingerprint density at radius 3 is 2.77 bits per heavy atom. The van der Waals surface area contributed by atoms with Gasteiger partial charge in [0.2, 0.25) is 5.91 Å². The second-order valence-corrected chi connectivity index (χ2v) is 5.18. The van der Waals surface area contributed by atoms with Crippen LogP contribution in [0.15, 0.2) is 30.5 Å². The van der Waals surface area contributed by atoms with Gasteiger partial charge in [0.05, 0.1) is 12.5 Å². The number of carbonyl (C=O) groups is 1. The summed E-state index contributed by atoms with van der Waals surface area (Å²) in [7, 11) is 1.90. The number of fused-ring (bicyclic) bond motifs is 1. The number of aliphatic hydroxyl groups excluding tert-OH is 1. The highest BCUT2D eigenvalue weighted by Crippen LogP contribution is 2.22. The van der Waals surface area contributed by atoms with Crippen molar-refractivity contribution < 1.29 is 23.1 Å². The number of rotatable bonds is 5. The maximum Gasteiger partial charge on any atom is 0.389 e. The van der Waals surface area contributed by atoms with Crippen molar-refractivity contribution in [3.63, 3.8) is 0 Å². The number of aromatic nitrogens is 1. The topological polar surface area (TPSA) is 54.3 Å². The molecule has 0 radical (unpaired) electrons. The van der Waals surface area contributed by atoms with E-state index in [1.54, 1.807) is 12.1 Å². The molecule has 1 heterocycles. The van der Waals surface area contributed by atoms with E-state index in [0.29, 0.717) is 5.56 Å². The molecule has 0 bridgehead atoms. The van der Waals surface area contributed by atoms with Gasteiger partial charge in [-0.25, -0.2) is 0 Å². The zero-order valence-electron chi connectivity index (χ0n) is 12.0. The van der Waals surface area contributed by atoms with Crippen LogP contribution in [0.25, 0.3) is 10.9 Å². The average molecular weight is 314 g/mol. The number of nitrogens with one attached hydrogen (secondary N) is 1. The molecule has 0 aliphatic carbocycles. The summed E-state index contributed by atoms with van der Waals surface area (Å²) in [4.78, 5) is 11.3.